The average Bonchev–Trinajstić information content (AvgIpc) is 2.61. The highest BCUT2D eigenvalue weighted by atomic mass is 19.4. The molecule has 0 bridgehead atoms. The fourth-order valence-electron chi connectivity index (χ4n) is 2.68. The standard InChI is InChI=1S/C20H16F3N3O/c1-12(11-20(21,22)23)14-6-8-15(9-7-14)19(27)24-17-4-3-5-18-16(17)10-13(2)25-26-18/h3-11H,1-2H3,(H,24,27). The number of carbonyl (C=O) groups is 1. The number of rotatable bonds is 3. The Hall–Kier alpha value is -3.22. The van der Waals surface area contributed by atoms with Crippen LogP contribution in [0.2, 0.25) is 0 Å². The molecule has 0 radical (unpaired) electrons. The molecule has 3 aromatic rings. The number of nitrogens with zero attached hydrogens (tertiary/aromatic N) is 2. The number of fused-ring (bicyclic) bond motifs is 1. The fraction of sp³-hybridized carbons (Fsp3) is 0.150. The number of halogens is 3. The molecule has 0 fully saturated rings. The van der Waals surface area contributed by atoms with Crippen LogP contribution < -0.4 is 5.32 Å². The molecule has 1 N–H and O–H groups in total. The quantitative estimate of drug-likeness (QED) is 0.692. The molecule has 0 saturated carbocycles. The molecule has 0 aliphatic heterocycles. The normalized spacial score (nSPS) is 12.3. The number of amides is 1. The van der Waals surface area contributed by atoms with Crippen LogP contribution in [-0.2, 0) is 0 Å². The van der Waals surface area contributed by atoms with Gasteiger partial charge in [-0.1, -0.05) is 18.2 Å². The first kappa shape index (κ1) is 18.6. The zero-order valence-corrected chi connectivity index (χ0v) is 14.6. The van der Waals surface area contributed by atoms with E-state index in [1.807, 2.05) is 6.07 Å². The molecule has 7 heteroatoms. The van der Waals surface area contributed by atoms with Gasteiger partial charge in [0.25, 0.3) is 5.91 Å². The molecule has 4 nitrogen and oxygen atoms in total. The van der Waals surface area contributed by atoms with Gasteiger partial charge in [0.15, 0.2) is 0 Å². The minimum Gasteiger partial charge on any atom is -0.321 e. The van der Waals surface area contributed by atoms with Gasteiger partial charge in [-0.25, -0.2) is 0 Å². The summed E-state index contributed by atoms with van der Waals surface area (Å²) in [4.78, 5) is 12.5. The minimum absolute atomic E-state index is 0.0811. The Morgan fingerprint density at radius 3 is 2.37 bits per heavy atom. The van der Waals surface area contributed by atoms with Crippen LogP contribution in [0.15, 0.2) is 54.6 Å². The number of carbonyl (C=O) groups excluding carboxylic acids is 1. The molecule has 3 rings (SSSR count). The van der Waals surface area contributed by atoms with Gasteiger partial charge in [0.1, 0.15) is 0 Å². The van der Waals surface area contributed by atoms with Gasteiger partial charge in [-0.05, 0) is 55.3 Å². The Labute approximate surface area is 153 Å². The van der Waals surface area contributed by atoms with Crippen molar-refractivity contribution in [2.75, 3.05) is 5.32 Å². The van der Waals surface area contributed by atoms with E-state index in [9.17, 15) is 18.0 Å². The second-order valence-corrected chi connectivity index (χ2v) is 6.12. The van der Waals surface area contributed by atoms with Crippen molar-refractivity contribution in [2.45, 2.75) is 20.0 Å². The fourth-order valence-corrected chi connectivity index (χ4v) is 2.68. The lowest BCUT2D eigenvalue weighted by Gasteiger charge is -2.10. The predicted octanol–water partition coefficient (Wildman–Crippen LogP) is 5.16. The van der Waals surface area contributed by atoms with Crippen molar-refractivity contribution in [3.05, 3.63) is 71.4 Å². The van der Waals surface area contributed by atoms with E-state index in [0.717, 1.165) is 11.1 Å². The lowest BCUT2D eigenvalue weighted by molar-refractivity contribution is -0.0793. The summed E-state index contributed by atoms with van der Waals surface area (Å²) < 4.78 is 37.3. The van der Waals surface area contributed by atoms with E-state index in [1.165, 1.54) is 31.2 Å². The maximum Gasteiger partial charge on any atom is 0.410 e. The summed E-state index contributed by atoms with van der Waals surface area (Å²) in [6.45, 7) is 3.18. The number of anilines is 1. The number of aryl methyl sites for hydroxylation is 1. The number of alkyl halides is 3. The zero-order valence-electron chi connectivity index (χ0n) is 14.6. The maximum absolute atomic E-state index is 12.5. The second kappa shape index (κ2) is 7.19. The van der Waals surface area contributed by atoms with Crippen LogP contribution >= 0.6 is 0 Å². The lowest BCUT2D eigenvalue weighted by Crippen LogP contribution is -2.12. The first-order chi connectivity index (χ1) is 12.7. The van der Waals surface area contributed by atoms with Crippen LogP contribution in [0.3, 0.4) is 0 Å². The van der Waals surface area contributed by atoms with Crippen LogP contribution in [0.5, 0.6) is 0 Å². The summed E-state index contributed by atoms with van der Waals surface area (Å²) in [7, 11) is 0. The number of hydrogen-bond donors (Lipinski definition) is 1. The maximum atomic E-state index is 12.5. The van der Waals surface area contributed by atoms with Gasteiger partial charge >= 0.3 is 6.18 Å². The monoisotopic (exact) mass is 371 g/mol. The molecule has 2 aromatic carbocycles. The molecule has 0 spiro atoms. The van der Waals surface area contributed by atoms with Crippen molar-refractivity contribution in [3.63, 3.8) is 0 Å². The summed E-state index contributed by atoms with van der Waals surface area (Å²) in [6.07, 6.45) is -4.14. The van der Waals surface area contributed by atoms with Crippen molar-refractivity contribution in [1.29, 1.82) is 0 Å². The van der Waals surface area contributed by atoms with Crippen LogP contribution in [0.25, 0.3) is 16.5 Å². The van der Waals surface area contributed by atoms with Gasteiger partial charge in [0, 0.05) is 17.0 Å². The largest absolute Gasteiger partial charge is 0.410 e. The van der Waals surface area contributed by atoms with Gasteiger partial charge in [-0.3, -0.25) is 4.79 Å². The summed E-state index contributed by atoms with van der Waals surface area (Å²) >= 11 is 0. The van der Waals surface area contributed by atoms with Crippen molar-refractivity contribution in [3.8, 4) is 0 Å². The first-order valence-electron chi connectivity index (χ1n) is 8.14. The van der Waals surface area contributed by atoms with Gasteiger partial charge in [-0.2, -0.15) is 23.4 Å². The minimum atomic E-state index is -4.38. The molecular formula is C20H16F3N3O. The molecule has 0 atom stereocenters. The number of aromatic nitrogens is 2. The SMILES string of the molecule is CC(=CC(F)(F)F)c1ccc(C(=O)Nc2cccc3nnc(C)cc23)cc1. The van der Waals surface area contributed by atoms with Gasteiger partial charge in [0.05, 0.1) is 16.9 Å². The highest BCUT2D eigenvalue weighted by Crippen LogP contribution is 2.25. The zero-order chi connectivity index (χ0) is 19.6. The van der Waals surface area contributed by atoms with Crippen LogP contribution in [0.4, 0.5) is 18.9 Å². The van der Waals surface area contributed by atoms with Crippen molar-refractivity contribution in [2.24, 2.45) is 0 Å². The third-order valence-corrected chi connectivity index (χ3v) is 3.98. The Kier molecular flexibility index (Phi) is 4.94. The van der Waals surface area contributed by atoms with Crippen molar-refractivity contribution in [1.82, 2.24) is 10.2 Å². The molecule has 0 saturated heterocycles. The van der Waals surface area contributed by atoms with E-state index in [2.05, 4.69) is 15.5 Å². The molecule has 0 aliphatic rings. The first-order valence-corrected chi connectivity index (χ1v) is 8.14. The molecule has 1 aromatic heterocycles. The van der Waals surface area contributed by atoms with Crippen LogP contribution in [0, 0.1) is 6.92 Å². The molecular weight excluding hydrogens is 355 g/mol. The highest BCUT2D eigenvalue weighted by molar-refractivity contribution is 6.08. The smallest absolute Gasteiger partial charge is 0.321 e. The summed E-state index contributed by atoms with van der Waals surface area (Å²) in [5.41, 5.74) is 2.79. The predicted molar refractivity (Wildman–Crippen MR) is 98.4 cm³/mol. The van der Waals surface area contributed by atoms with Gasteiger partial charge in [0.2, 0.25) is 0 Å². The Bertz CT molecular complexity index is 1020. The van der Waals surface area contributed by atoms with E-state index < -0.39 is 6.18 Å². The van der Waals surface area contributed by atoms with Crippen molar-refractivity contribution < 1.29 is 18.0 Å². The molecule has 0 aliphatic carbocycles. The summed E-state index contributed by atoms with van der Waals surface area (Å²) in [5.74, 6) is -0.360. The lowest BCUT2D eigenvalue weighted by atomic mass is 10.0. The average molecular weight is 371 g/mol. The second-order valence-electron chi connectivity index (χ2n) is 6.12. The highest BCUT2D eigenvalue weighted by Gasteiger charge is 2.23. The summed E-state index contributed by atoms with van der Waals surface area (Å²) in [5, 5.41) is 11.6. The molecule has 1 heterocycles. The van der Waals surface area contributed by atoms with Crippen molar-refractivity contribution >= 4 is 28.1 Å². The van der Waals surface area contributed by atoms with E-state index in [4.69, 9.17) is 0 Å². The van der Waals surface area contributed by atoms with E-state index >= 15 is 0 Å². The third-order valence-electron chi connectivity index (χ3n) is 3.98. The van der Waals surface area contributed by atoms with Crippen LogP contribution in [0.1, 0.15) is 28.5 Å². The number of hydrogen-bond acceptors (Lipinski definition) is 3. The number of benzene rings is 2. The van der Waals surface area contributed by atoms with E-state index in [0.29, 0.717) is 22.3 Å². The van der Waals surface area contributed by atoms with Gasteiger partial charge in [-0.15, -0.1) is 0 Å². The van der Waals surface area contributed by atoms with Gasteiger partial charge < -0.3 is 5.32 Å². The van der Waals surface area contributed by atoms with E-state index in [-0.39, 0.29) is 17.6 Å². The molecule has 27 heavy (non-hydrogen) atoms. The number of allylic oxidation sites excluding steroid dienone is 2. The molecule has 138 valence electrons. The number of nitrogens with one attached hydrogen (secondary N) is 1. The Morgan fingerprint density at radius 2 is 1.70 bits per heavy atom. The van der Waals surface area contributed by atoms with E-state index in [1.54, 1.807) is 25.1 Å². The molecule has 0 unspecified atom stereocenters. The molecule has 1 amide bonds. The topological polar surface area (TPSA) is 54.9 Å². The summed E-state index contributed by atoms with van der Waals surface area (Å²) in [6, 6.07) is 13.1. The Morgan fingerprint density at radius 1 is 1.04 bits per heavy atom. The third kappa shape index (κ3) is 4.49. The van der Waals surface area contributed by atoms with Crippen LogP contribution in [-0.4, -0.2) is 22.3 Å². The Balaban J connectivity index is 1.83.